The summed E-state index contributed by atoms with van der Waals surface area (Å²) >= 11 is 5.94. The van der Waals surface area contributed by atoms with E-state index >= 15 is 0 Å². The Labute approximate surface area is 136 Å². The Hall–Kier alpha value is -1.99. The van der Waals surface area contributed by atoms with Crippen molar-refractivity contribution in [3.05, 3.63) is 77.0 Å². The third kappa shape index (κ3) is 2.95. The van der Waals surface area contributed by atoms with E-state index in [1.165, 1.54) is 22.0 Å². The van der Waals surface area contributed by atoms with Crippen molar-refractivity contribution in [3.8, 4) is 0 Å². The first-order chi connectivity index (χ1) is 10.7. The molecule has 112 valence electrons. The molecule has 0 bridgehead atoms. The van der Waals surface area contributed by atoms with Crippen molar-refractivity contribution < 1.29 is 0 Å². The standard InChI is InChI=1S/C20H20ClN/c1-3-16(11-8-15-9-12-17(21)13-10-15)19-14-22(2)20-7-5-4-6-18(19)20/h4-14,16H,3H2,1-2H3/b11-8+. The van der Waals surface area contributed by atoms with Gasteiger partial charge in [-0.25, -0.2) is 0 Å². The summed E-state index contributed by atoms with van der Waals surface area (Å²) in [4.78, 5) is 0. The van der Waals surface area contributed by atoms with Crippen molar-refractivity contribution in [2.75, 3.05) is 0 Å². The fraction of sp³-hybridized carbons (Fsp3) is 0.200. The third-order valence-electron chi connectivity index (χ3n) is 4.16. The molecule has 1 atom stereocenters. The molecule has 0 fully saturated rings. The lowest BCUT2D eigenvalue weighted by molar-refractivity contribution is 0.806. The van der Waals surface area contributed by atoms with Crippen molar-refractivity contribution in [1.82, 2.24) is 4.57 Å². The topological polar surface area (TPSA) is 4.93 Å². The molecule has 0 saturated heterocycles. The third-order valence-corrected chi connectivity index (χ3v) is 4.41. The SMILES string of the molecule is CCC(/C=C/c1ccc(Cl)cc1)c1cn(C)c2ccccc12. The molecule has 0 aliphatic carbocycles. The predicted molar refractivity (Wildman–Crippen MR) is 96.4 cm³/mol. The lowest BCUT2D eigenvalue weighted by Crippen LogP contribution is -1.92. The van der Waals surface area contributed by atoms with Gasteiger partial charge < -0.3 is 4.57 Å². The Morgan fingerprint density at radius 1 is 1.09 bits per heavy atom. The van der Waals surface area contributed by atoms with Gasteiger partial charge in [-0.2, -0.15) is 0 Å². The second-order valence-corrected chi connectivity index (χ2v) is 6.07. The van der Waals surface area contributed by atoms with Gasteiger partial charge in [0.05, 0.1) is 0 Å². The van der Waals surface area contributed by atoms with E-state index in [1.54, 1.807) is 0 Å². The van der Waals surface area contributed by atoms with E-state index in [0.29, 0.717) is 5.92 Å². The average Bonchev–Trinajstić information content (AvgIpc) is 2.87. The number of aromatic nitrogens is 1. The van der Waals surface area contributed by atoms with Crippen LogP contribution >= 0.6 is 11.6 Å². The maximum atomic E-state index is 5.94. The van der Waals surface area contributed by atoms with E-state index in [-0.39, 0.29) is 0 Å². The Morgan fingerprint density at radius 3 is 2.55 bits per heavy atom. The van der Waals surface area contributed by atoms with Crippen LogP contribution in [0.1, 0.15) is 30.4 Å². The van der Waals surface area contributed by atoms with E-state index in [9.17, 15) is 0 Å². The highest BCUT2D eigenvalue weighted by Crippen LogP contribution is 2.30. The van der Waals surface area contributed by atoms with Gasteiger partial charge in [-0.3, -0.25) is 0 Å². The molecule has 3 aromatic rings. The first-order valence-electron chi connectivity index (χ1n) is 7.66. The summed E-state index contributed by atoms with van der Waals surface area (Å²) in [6, 6.07) is 16.6. The molecule has 1 heterocycles. The van der Waals surface area contributed by atoms with Crippen LogP contribution in [-0.2, 0) is 7.05 Å². The molecule has 2 aromatic carbocycles. The first-order valence-corrected chi connectivity index (χ1v) is 8.04. The minimum atomic E-state index is 0.418. The number of hydrogen-bond donors (Lipinski definition) is 0. The summed E-state index contributed by atoms with van der Waals surface area (Å²) in [5.74, 6) is 0.418. The fourth-order valence-electron chi connectivity index (χ4n) is 2.93. The molecule has 0 aliphatic heterocycles. The van der Waals surface area contributed by atoms with Gasteiger partial charge in [-0.05, 0) is 35.7 Å². The van der Waals surface area contributed by atoms with E-state index in [4.69, 9.17) is 11.6 Å². The molecule has 0 spiro atoms. The normalized spacial score (nSPS) is 13.0. The molecular formula is C20H20ClN. The summed E-state index contributed by atoms with van der Waals surface area (Å²) in [6.07, 6.45) is 7.82. The molecule has 0 amide bonds. The van der Waals surface area contributed by atoms with Crippen molar-refractivity contribution in [1.29, 1.82) is 0 Å². The molecular weight excluding hydrogens is 290 g/mol. The van der Waals surface area contributed by atoms with Crippen molar-refractivity contribution in [2.24, 2.45) is 7.05 Å². The van der Waals surface area contributed by atoms with Gasteiger partial charge in [0.25, 0.3) is 0 Å². The number of para-hydroxylation sites is 1. The van der Waals surface area contributed by atoms with Crippen LogP contribution in [0.25, 0.3) is 17.0 Å². The van der Waals surface area contributed by atoms with Crippen LogP contribution in [0.2, 0.25) is 5.02 Å². The zero-order valence-corrected chi connectivity index (χ0v) is 13.7. The highest BCUT2D eigenvalue weighted by atomic mass is 35.5. The quantitative estimate of drug-likeness (QED) is 0.554. The highest BCUT2D eigenvalue weighted by Gasteiger charge is 2.12. The largest absolute Gasteiger partial charge is 0.350 e. The zero-order valence-electron chi connectivity index (χ0n) is 13.0. The molecule has 1 aromatic heterocycles. The minimum absolute atomic E-state index is 0.418. The Bertz CT molecular complexity index is 796. The summed E-state index contributed by atoms with van der Waals surface area (Å²) in [5, 5.41) is 2.12. The number of hydrogen-bond acceptors (Lipinski definition) is 0. The molecule has 1 nitrogen and oxygen atoms in total. The maximum Gasteiger partial charge on any atom is 0.0480 e. The van der Waals surface area contributed by atoms with Gasteiger partial charge in [0.2, 0.25) is 0 Å². The van der Waals surface area contributed by atoms with Crippen LogP contribution in [0.15, 0.2) is 60.8 Å². The Balaban J connectivity index is 1.94. The lowest BCUT2D eigenvalue weighted by Gasteiger charge is -2.09. The highest BCUT2D eigenvalue weighted by molar-refractivity contribution is 6.30. The zero-order chi connectivity index (χ0) is 15.5. The smallest absolute Gasteiger partial charge is 0.0480 e. The van der Waals surface area contributed by atoms with E-state index in [1.807, 2.05) is 12.1 Å². The molecule has 0 N–H and O–H groups in total. The monoisotopic (exact) mass is 309 g/mol. The molecule has 2 heteroatoms. The molecule has 0 saturated carbocycles. The maximum absolute atomic E-state index is 5.94. The van der Waals surface area contributed by atoms with Crippen LogP contribution in [0.4, 0.5) is 0 Å². The second kappa shape index (κ2) is 6.41. The van der Waals surface area contributed by atoms with Gasteiger partial charge >= 0.3 is 0 Å². The number of allylic oxidation sites excluding steroid dienone is 1. The number of aryl methyl sites for hydroxylation is 1. The number of nitrogens with zero attached hydrogens (tertiary/aromatic N) is 1. The molecule has 22 heavy (non-hydrogen) atoms. The number of rotatable bonds is 4. The summed E-state index contributed by atoms with van der Waals surface area (Å²) in [5.41, 5.74) is 3.87. The molecule has 3 rings (SSSR count). The fourth-order valence-corrected chi connectivity index (χ4v) is 3.06. The first kappa shape index (κ1) is 14.9. The van der Waals surface area contributed by atoms with Gasteiger partial charge in [0.1, 0.15) is 0 Å². The number of fused-ring (bicyclic) bond motifs is 1. The van der Waals surface area contributed by atoms with Crippen molar-refractivity contribution >= 4 is 28.6 Å². The van der Waals surface area contributed by atoms with Crippen LogP contribution in [-0.4, -0.2) is 4.57 Å². The van der Waals surface area contributed by atoms with Gasteiger partial charge in [0, 0.05) is 35.1 Å². The molecule has 0 radical (unpaired) electrons. The summed E-state index contributed by atoms with van der Waals surface area (Å²) in [7, 11) is 2.11. The average molecular weight is 310 g/mol. The molecule has 1 unspecified atom stereocenters. The molecule has 0 aliphatic rings. The van der Waals surface area contributed by atoms with Gasteiger partial charge in [0.15, 0.2) is 0 Å². The van der Waals surface area contributed by atoms with Crippen molar-refractivity contribution in [2.45, 2.75) is 19.3 Å². The Kier molecular flexibility index (Phi) is 4.35. The van der Waals surface area contributed by atoms with Crippen LogP contribution in [0.5, 0.6) is 0 Å². The van der Waals surface area contributed by atoms with Gasteiger partial charge in [-0.15, -0.1) is 0 Å². The van der Waals surface area contributed by atoms with Crippen LogP contribution in [0.3, 0.4) is 0 Å². The van der Waals surface area contributed by atoms with E-state index < -0.39 is 0 Å². The number of benzene rings is 2. The lowest BCUT2D eigenvalue weighted by atomic mass is 9.95. The van der Waals surface area contributed by atoms with E-state index in [2.05, 4.69) is 73.3 Å². The summed E-state index contributed by atoms with van der Waals surface area (Å²) < 4.78 is 2.21. The number of halogens is 1. The van der Waals surface area contributed by atoms with Crippen molar-refractivity contribution in [3.63, 3.8) is 0 Å². The van der Waals surface area contributed by atoms with Crippen LogP contribution in [0, 0.1) is 0 Å². The second-order valence-electron chi connectivity index (χ2n) is 5.64. The minimum Gasteiger partial charge on any atom is -0.350 e. The predicted octanol–water partition coefficient (Wildman–Crippen LogP) is 6.04. The Morgan fingerprint density at radius 2 is 1.82 bits per heavy atom. The van der Waals surface area contributed by atoms with Gasteiger partial charge in [-0.1, -0.05) is 61.0 Å². The van der Waals surface area contributed by atoms with Crippen LogP contribution < -0.4 is 0 Å². The van der Waals surface area contributed by atoms with E-state index in [0.717, 1.165) is 11.4 Å². The summed E-state index contributed by atoms with van der Waals surface area (Å²) in [6.45, 7) is 2.23.